The van der Waals surface area contributed by atoms with E-state index in [0.29, 0.717) is 5.69 Å². The van der Waals surface area contributed by atoms with Crippen LogP contribution in [-0.4, -0.2) is 27.1 Å². The first kappa shape index (κ1) is 17.4. The van der Waals surface area contributed by atoms with Crippen molar-refractivity contribution in [3.63, 3.8) is 0 Å². The molecule has 0 fully saturated rings. The molecule has 0 saturated carbocycles. The maximum absolute atomic E-state index is 11.2. The molecule has 0 amide bonds. The van der Waals surface area contributed by atoms with Crippen molar-refractivity contribution >= 4 is 22.8 Å². The van der Waals surface area contributed by atoms with Crippen molar-refractivity contribution in [3.8, 4) is 22.4 Å². The number of nitrogens with zero attached hydrogens (tertiary/aromatic N) is 1. The van der Waals surface area contributed by atoms with Crippen molar-refractivity contribution in [1.29, 1.82) is 0 Å². The van der Waals surface area contributed by atoms with Gasteiger partial charge in [0.2, 0.25) is 0 Å². The van der Waals surface area contributed by atoms with Gasteiger partial charge in [-0.1, -0.05) is 42.5 Å². The van der Waals surface area contributed by atoms with Crippen LogP contribution >= 0.6 is 0 Å². The van der Waals surface area contributed by atoms with E-state index in [2.05, 4.69) is 4.98 Å². The molecule has 0 aliphatic carbocycles. The van der Waals surface area contributed by atoms with Crippen LogP contribution in [0.4, 0.5) is 0 Å². The van der Waals surface area contributed by atoms with Crippen molar-refractivity contribution in [3.05, 3.63) is 90.0 Å². The minimum absolute atomic E-state index is 0.207. The highest BCUT2D eigenvalue weighted by molar-refractivity contribution is 5.92. The van der Waals surface area contributed by atoms with Gasteiger partial charge in [0, 0.05) is 10.9 Å². The molecular weight excluding hydrogens is 354 g/mol. The molecule has 0 unspecified atom stereocenters. The van der Waals surface area contributed by atoms with Crippen LogP contribution in [0.25, 0.3) is 33.3 Å². The molecule has 5 heteroatoms. The van der Waals surface area contributed by atoms with E-state index in [1.165, 1.54) is 0 Å². The highest BCUT2D eigenvalue weighted by atomic mass is 16.4. The van der Waals surface area contributed by atoms with Gasteiger partial charge in [-0.05, 0) is 47.5 Å². The summed E-state index contributed by atoms with van der Waals surface area (Å²) in [5.74, 6) is -1.95. The topological polar surface area (TPSA) is 87.5 Å². The van der Waals surface area contributed by atoms with E-state index >= 15 is 0 Å². The van der Waals surface area contributed by atoms with Crippen LogP contribution < -0.4 is 0 Å². The number of pyridine rings is 1. The van der Waals surface area contributed by atoms with Crippen molar-refractivity contribution in [2.24, 2.45) is 0 Å². The third kappa shape index (κ3) is 3.33. The summed E-state index contributed by atoms with van der Waals surface area (Å²) in [4.78, 5) is 27.1. The van der Waals surface area contributed by atoms with Gasteiger partial charge in [-0.3, -0.25) is 0 Å². The van der Waals surface area contributed by atoms with Gasteiger partial charge in [-0.15, -0.1) is 0 Å². The summed E-state index contributed by atoms with van der Waals surface area (Å²) < 4.78 is 0. The Morgan fingerprint density at radius 3 is 1.89 bits per heavy atom. The van der Waals surface area contributed by atoms with Gasteiger partial charge in [-0.25, -0.2) is 14.6 Å². The molecule has 0 aliphatic rings. The lowest BCUT2D eigenvalue weighted by molar-refractivity contribution is 0.0686. The van der Waals surface area contributed by atoms with Gasteiger partial charge >= 0.3 is 11.9 Å². The summed E-state index contributed by atoms with van der Waals surface area (Å²) in [7, 11) is 0. The Hall–Kier alpha value is -3.99. The fourth-order valence-corrected chi connectivity index (χ4v) is 3.10. The zero-order valence-electron chi connectivity index (χ0n) is 14.7. The molecule has 0 bridgehead atoms. The molecule has 0 aliphatic heterocycles. The number of aromatic nitrogens is 1. The van der Waals surface area contributed by atoms with Crippen LogP contribution in [0.2, 0.25) is 0 Å². The number of aromatic carboxylic acids is 2. The average molecular weight is 369 g/mol. The molecule has 0 radical (unpaired) electrons. The molecule has 0 atom stereocenters. The first-order chi connectivity index (χ1) is 13.5. The molecule has 1 heterocycles. The second-order valence-electron chi connectivity index (χ2n) is 6.38. The van der Waals surface area contributed by atoms with E-state index in [-0.39, 0.29) is 11.1 Å². The van der Waals surface area contributed by atoms with Gasteiger partial charge in [0.25, 0.3) is 0 Å². The zero-order valence-corrected chi connectivity index (χ0v) is 14.7. The van der Waals surface area contributed by atoms with Gasteiger partial charge in [0.1, 0.15) is 0 Å². The Labute approximate surface area is 160 Å². The van der Waals surface area contributed by atoms with E-state index in [9.17, 15) is 19.8 Å². The monoisotopic (exact) mass is 369 g/mol. The van der Waals surface area contributed by atoms with Crippen molar-refractivity contribution in [1.82, 2.24) is 4.98 Å². The van der Waals surface area contributed by atoms with Crippen molar-refractivity contribution in [2.75, 3.05) is 0 Å². The maximum Gasteiger partial charge on any atom is 0.335 e. The summed E-state index contributed by atoms with van der Waals surface area (Å²) in [6.45, 7) is 0. The largest absolute Gasteiger partial charge is 0.478 e. The summed E-state index contributed by atoms with van der Waals surface area (Å²) in [6.07, 6.45) is 0. The number of carboxylic acid groups (broad SMARTS) is 2. The summed E-state index contributed by atoms with van der Waals surface area (Å²) >= 11 is 0. The van der Waals surface area contributed by atoms with Gasteiger partial charge in [-0.2, -0.15) is 0 Å². The van der Waals surface area contributed by atoms with Crippen molar-refractivity contribution < 1.29 is 19.8 Å². The molecule has 28 heavy (non-hydrogen) atoms. The lowest BCUT2D eigenvalue weighted by Gasteiger charge is -2.07. The quantitative estimate of drug-likeness (QED) is 0.530. The smallest absolute Gasteiger partial charge is 0.335 e. The number of carbonyl (C=O) groups is 2. The second-order valence-corrected chi connectivity index (χ2v) is 6.38. The van der Waals surface area contributed by atoms with Crippen LogP contribution in [0.15, 0.2) is 78.9 Å². The molecule has 5 nitrogen and oxygen atoms in total. The molecule has 4 aromatic rings. The fourth-order valence-electron chi connectivity index (χ4n) is 3.10. The van der Waals surface area contributed by atoms with E-state index in [1.54, 1.807) is 36.4 Å². The minimum atomic E-state index is -0.983. The predicted molar refractivity (Wildman–Crippen MR) is 107 cm³/mol. The van der Waals surface area contributed by atoms with Gasteiger partial charge < -0.3 is 10.2 Å². The summed E-state index contributed by atoms with van der Waals surface area (Å²) in [6, 6.07) is 23.0. The lowest BCUT2D eigenvalue weighted by atomic mass is 10.0. The summed E-state index contributed by atoms with van der Waals surface area (Å²) in [5.41, 5.74) is 4.23. The molecular formula is C23H15NO4. The highest BCUT2D eigenvalue weighted by Gasteiger charge is 2.09. The molecule has 1 aromatic heterocycles. The summed E-state index contributed by atoms with van der Waals surface area (Å²) in [5, 5.41) is 19.3. The standard InChI is InChI=1S/C23H15NO4/c25-22(26)18-5-1-3-15(11-18)16-8-7-14-9-10-20(24-21(14)13-16)17-4-2-6-19(12-17)23(27)28/h1-13H,(H,25,26)(H,27,28). The van der Waals surface area contributed by atoms with Crippen LogP contribution in [-0.2, 0) is 0 Å². The number of carboxylic acids is 2. The van der Waals surface area contributed by atoms with E-state index in [1.807, 2.05) is 42.5 Å². The Bertz CT molecular complexity index is 1140. The molecule has 4 rings (SSSR count). The molecule has 3 aromatic carbocycles. The van der Waals surface area contributed by atoms with E-state index < -0.39 is 11.9 Å². The number of fused-ring (bicyclic) bond motifs is 1. The normalized spacial score (nSPS) is 10.7. The Morgan fingerprint density at radius 1 is 0.643 bits per heavy atom. The Morgan fingerprint density at radius 2 is 1.21 bits per heavy atom. The number of hydrogen-bond acceptors (Lipinski definition) is 3. The van der Waals surface area contributed by atoms with Gasteiger partial charge in [0.15, 0.2) is 0 Å². The highest BCUT2D eigenvalue weighted by Crippen LogP contribution is 2.27. The predicted octanol–water partition coefficient (Wildman–Crippen LogP) is 4.97. The molecule has 2 N–H and O–H groups in total. The third-order valence-corrected chi connectivity index (χ3v) is 4.54. The van der Waals surface area contributed by atoms with E-state index in [4.69, 9.17) is 0 Å². The van der Waals surface area contributed by atoms with Gasteiger partial charge in [0.05, 0.1) is 22.3 Å². The number of rotatable bonds is 4. The Balaban J connectivity index is 1.79. The van der Waals surface area contributed by atoms with Crippen LogP contribution in [0.3, 0.4) is 0 Å². The average Bonchev–Trinajstić information content (AvgIpc) is 2.73. The lowest BCUT2D eigenvalue weighted by Crippen LogP contribution is -1.96. The van der Waals surface area contributed by atoms with Crippen LogP contribution in [0.5, 0.6) is 0 Å². The third-order valence-electron chi connectivity index (χ3n) is 4.54. The first-order valence-corrected chi connectivity index (χ1v) is 8.59. The van der Waals surface area contributed by atoms with Crippen LogP contribution in [0, 0.1) is 0 Å². The minimum Gasteiger partial charge on any atom is -0.478 e. The van der Waals surface area contributed by atoms with E-state index in [0.717, 1.165) is 27.6 Å². The molecule has 136 valence electrons. The molecule has 0 spiro atoms. The maximum atomic E-state index is 11.2. The van der Waals surface area contributed by atoms with Crippen molar-refractivity contribution in [2.45, 2.75) is 0 Å². The van der Waals surface area contributed by atoms with Crippen LogP contribution in [0.1, 0.15) is 20.7 Å². The fraction of sp³-hybridized carbons (Fsp3) is 0. The second kappa shape index (κ2) is 6.96. The first-order valence-electron chi connectivity index (χ1n) is 8.59. The Kier molecular flexibility index (Phi) is 4.33. The number of hydrogen-bond donors (Lipinski definition) is 2. The molecule has 0 saturated heterocycles. The zero-order chi connectivity index (χ0) is 19.7. The SMILES string of the molecule is O=C(O)c1cccc(-c2ccc3ccc(-c4cccc(C(=O)O)c4)nc3c2)c1. The number of benzene rings is 3.